The fourth-order valence-electron chi connectivity index (χ4n) is 4.54. The number of piperidine rings is 1. The molecule has 2 aliphatic rings. The maximum Gasteiger partial charge on any atom is 0.573 e. The van der Waals surface area contributed by atoms with E-state index >= 15 is 0 Å². The predicted molar refractivity (Wildman–Crippen MR) is 125 cm³/mol. The molecule has 3 heterocycles. The predicted octanol–water partition coefficient (Wildman–Crippen LogP) is 3.43. The number of hydrogen-bond donors (Lipinski definition) is 2. The highest BCUT2D eigenvalue weighted by Crippen LogP contribution is 2.28. The number of aromatic nitrogens is 2. The minimum Gasteiger partial charge on any atom is -0.406 e. The zero-order valence-corrected chi connectivity index (χ0v) is 20.2. The number of halogens is 3. The molecule has 2 fully saturated rings. The van der Waals surface area contributed by atoms with Crippen molar-refractivity contribution >= 4 is 17.4 Å². The summed E-state index contributed by atoms with van der Waals surface area (Å²) < 4.78 is 52.6. The Kier molecular flexibility index (Phi) is 8.27. The summed E-state index contributed by atoms with van der Waals surface area (Å²) in [5, 5.41) is 6.62. The molecule has 12 heteroatoms. The Hall–Kier alpha value is -2.96. The first-order chi connectivity index (χ1) is 17.2. The summed E-state index contributed by atoms with van der Waals surface area (Å²) in [7, 11) is 1.69. The fourth-order valence-corrected chi connectivity index (χ4v) is 4.54. The van der Waals surface area contributed by atoms with Crippen molar-refractivity contribution in [1.29, 1.82) is 0 Å². The van der Waals surface area contributed by atoms with Crippen LogP contribution >= 0.6 is 0 Å². The number of likely N-dealkylation sites (tertiary alicyclic amines) is 1. The highest BCUT2D eigenvalue weighted by molar-refractivity contribution is 5.95. The van der Waals surface area contributed by atoms with Crippen LogP contribution in [0.25, 0.3) is 0 Å². The number of amides is 1. The van der Waals surface area contributed by atoms with E-state index in [9.17, 15) is 18.0 Å². The van der Waals surface area contributed by atoms with Crippen LogP contribution in [-0.4, -0.2) is 78.7 Å². The molecular weight excluding hydrogens is 479 g/mol. The van der Waals surface area contributed by atoms with Crippen LogP contribution < -0.4 is 15.4 Å². The molecule has 0 bridgehead atoms. The van der Waals surface area contributed by atoms with Gasteiger partial charge in [0.25, 0.3) is 5.91 Å². The Morgan fingerprint density at radius 3 is 2.69 bits per heavy atom. The summed E-state index contributed by atoms with van der Waals surface area (Å²) in [5.74, 6) is -0.227. The Labute approximate surface area is 207 Å². The number of rotatable bonds is 7. The van der Waals surface area contributed by atoms with Gasteiger partial charge >= 0.3 is 6.36 Å². The molecule has 0 radical (unpaired) electrons. The van der Waals surface area contributed by atoms with Gasteiger partial charge in [0.2, 0.25) is 0 Å². The van der Waals surface area contributed by atoms with Gasteiger partial charge in [-0.2, -0.15) is 0 Å². The van der Waals surface area contributed by atoms with Crippen molar-refractivity contribution in [2.24, 2.45) is 0 Å². The summed E-state index contributed by atoms with van der Waals surface area (Å²) in [4.78, 5) is 23.4. The quantitative estimate of drug-likeness (QED) is 0.586. The molecule has 2 saturated heterocycles. The van der Waals surface area contributed by atoms with Crippen molar-refractivity contribution in [2.45, 2.75) is 50.7 Å². The number of nitrogens with one attached hydrogen (secondary N) is 2. The van der Waals surface area contributed by atoms with Gasteiger partial charge in [-0.05, 0) is 38.3 Å². The van der Waals surface area contributed by atoms with Crippen molar-refractivity contribution in [3.63, 3.8) is 0 Å². The average molecular weight is 510 g/mol. The Balaban J connectivity index is 1.37. The number of carbonyl (C=O) groups is 1. The number of anilines is 2. The van der Waals surface area contributed by atoms with E-state index in [1.165, 1.54) is 24.5 Å². The lowest BCUT2D eigenvalue weighted by Crippen LogP contribution is -2.54. The molecule has 1 aromatic heterocycles. The zero-order chi connectivity index (χ0) is 25.7. The first-order valence-electron chi connectivity index (χ1n) is 11.8. The summed E-state index contributed by atoms with van der Waals surface area (Å²) in [6, 6.07) is 5.94. The van der Waals surface area contributed by atoms with Crippen molar-refractivity contribution < 1.29 is 32.2 Å². The van der Waals surface area contributed by atoms with E-state index in [2.05, 4.69) is 25.3 Å². The largest absolute Gasteiger partial charge is 0.573 e. The van der Waals surface area contributed by atoms with Crippen molar-refractivity contribution in [3.8, 4) is 5.75 Å². The van der Waals surface area contributed by atoms with Gasteiger partial charge in [-0.3, -0.25) is 4.79 Å². The minimum atomic E-state index is -4.79. The molecule has 9 nitrogen and oxygen atoms in total. The first-order valence-corrected chi connectivity index (χ1v) is 11.8. The van der Waals surface area contributed by atoms with Gasteiger partial charge in [0.1, 0.15) is 23.6 Å². The number of hydrogen-bond acceptors (Lipinski definition) is 8. The smallest absolute Gasteiger partial charge is 0.406 e. The van der Waals surface area contributed by atoms with Crippen molar-refractivity contribution in [1.82, 2.24) is 20.2 Å². The van der Waals surface area contributed by atoms with Crippen LogP contribution in [0.5, 0.6) is 5.75 Å². The Bertz CT molecular complexity index is 1050. The minimum absolute atomic E-state index is 0.0220. The first kappa shape index (κ1) is 26.1. The van der Waals surface area contributed by atoms with Crippen LogP contribution in [0, 0.1) is 6.92 Å². The monoisotopic (exact) mass is 509 g/mol. The van der Waals surface area contributed by atoms with Crippen LogP contribution in [-0.2, 0) is 9.47 Å². The van der Waals surface area contributed by atoms with Gasteiger partial charge in [-0.15, -0.1) is 13.2 Å². The SMILES string of the molecule is COC1COCCC1NC1CCN(C(=O)c2ncnc(Nc3cccc(OC(F)(F)F)c3)c2C)CC1. The molecule has 0 aliphatic carbocycles. The van der Waals surface area contributed by atoms with E-state index in [0.29, 0.717) is 43.4 Å². The normalized spacial score (nSPS) is 21.3. The fraction of sp³-hybridized carbons (Fsp3) is 0.542. The number of benzene rings is 1. The topological polar surface area (TPSA) is 97.8 Å². The van der Waals surface area contributed by atoms with Crippen molar-refractivity contribution in [3.05, 3.63) is 41.9 Å². The van der Waals surface area contributed by atoms with E-state index < -0.39 is 6.36 Å². The average Bonchev–Trinajstić information content (AvgIpc) is 2.85. The van der Waals surface area contributed by atoms with Gasteiger partial charge in [-0.25, -0.2) is 9.97 Å². The number of methoxy groups -OCH3 is 1. The van der Waals surface area contributed by atoms with Gasteiger partial charge < -0.3 is 29.7 Å². The third-order valence-corrected chi connectivity index (χ3v) is 6.46. The second-order valence-electron chi connectivity index (χ2n) is 8.87. The van der Waals surface area contributed by atoms with Crippen LogP contribution in [0.2, 0.25) is 0 Å². The van der Waals surface area contributed by atoms with Gasteiger partial charge in [0.15, 0.2) is 0 Å². The summed E-state index contributed by atoms with van der Waals surface area (Å²) in [5.41, 5.74) is 1.10. The molecule has 1 amide bonds. The van der Waals surface area contributed by atoms with Gasteiger partial charge in [0, 0.05) is 56.2 Å². The van der Waals surface area contributed by atoms with E-state index in [-0.39, 0.29) is 35.5 Å². The van der Waals surface area contributed by atoms with Gasteiger partial charge in [-0.1, -0.05) is 6.07 Å². The molecule has 4 rings (SSSR count). The molecule has 2 N–H and O–H groups in total. The Morgan fingerprint density at radius 1 is 1.19 bits per heavy atom. The highest BCUT2D eigenvalue weighted by Gasteiger charge is 2.32. The molecule has 2 unspecified atom stereocenters. The van der Waals surface area contributed by atoms with E-state index in [0.717, 1.165) is 19.3 Å². The molecule has 2 aliphatic heterocycles. The third-order valence-electron chi connectivity index (χ3n) is 6.46. The van der Waals surface area contributed by atoms with Crippen LogP contribution in [0.4, 0.5) is 24.7 Å². The van der Waals surface area contributed by atoms with Crippen LogP contribution in [0.3, 0.4) is 0 Å². The maximum absolute atomic E-state index is 13.2. The number of nitrogens with zero attached hydrogens (tertiary/aromatic N) is 3. The number of alkyl halides is 3. The number of ether oxygens (including phenoxy) is 3. The molecule has 2 aromatic rings. The second kappa shape index (κ2) is 11.4. The lowest BCUT2D eigenvalue weighted by Gasteiger charge is -2.38. The van der Waals surface area contributed by atoms with Crippen molar-refractivity contribution in [2.75, 3.05) is 38.7 Å². The molecule has 36 heavy (non-hydrogen) atoms. The molecule has 0 saturated carbocycles. The lowest BCUT2D eigenvalue weighted by molar-refractivity contribution is -0.274. The Morgan fingerprint density at radius 2 is 1.97 bits per heavy atom. The highest BCUT2D eigenvalue weighted by atomic mass is 19.4. The molecule has 0 spiro atoms. The summed E-state index contributed by atoms with van der Waals surface area (Å²) in [6.45, 7) is 4.16. The zero-order valence-electron chi connectivity index (χ0n) is 20.2. The van der Waals surface area contributed by atoms with Crippen LogP contribution in [0.1, 0.15) is 35.3 Å². The number of carbonyl (C=O) groups excluding carboxylic acids is 1. The van der Waals surface area contributed by atoms with Crippen LogP contribution in [0.15, 0.2) is 30.6 Å². The van der Waals surface area contributed by atoms with E-state index in [1.807, 2.05) is 0 Å². The second-order valence-corrected chi connectivity index (χ2v) is 8.87. The maximum atomic E-state index is 13.2. The molecular formula is C24H30F3N5O4. The summed E-state index contributed by atoms with van der Waals surface area (Å²) >= 11 is 0. The van der Waals surface area contributed by atoms with Gasteiger partial charge in [0.05, 0.1) is 12.7 Å². The molecule has 2 atom stereocenters. The molecule has 196 valence electrons. The van der Waals surface area contributed by atoms with E-state index in [4.69, 9.17) is 9.47 Å². The lowest BCUT2D eigenvalue weighted by atomic mass is 9.99. The summed E-state index contributed by atoms with van der Waals surface area (Å²) in [6.07, 6.45) is -1.00. The standard InChI is InChI=1S/C24H30F3N5O4/c1-15-21(28-14-29-22(15)31-17-4-3-5-18(12-17)36-24(25,26)27)23(33)32-9-6-16(7-10-32)30-19-8-11-35-13-20(19)34-2/h3-5,12,14,16,19-20,30H,6-11,13H2,1-2H3,(H,28,29,31). The molecule has 1 aromatic carbocycles. The third kappa shape index (κ3) is 6.62. The van der Waals surface area contributed by atoms with E-state index in [1.54, 1.807) is 25.0 Å².